The van der Waals surface area contributed by atoms with Crippen molar-refractivity contribution in [1.29, 1.82) is 0 Å². The molecule has 0 fully saturated rings. The van der Waals surface area contributed by atoms with Crippen LogP contribution in [0.4, 0.5) is 18.9 Å². The summed E-state index contributed by atoms with van der Waals surface area (Å²) in [5.74, 6) is -3.77. The van der Waals surface area contributed by atoms with Crippen molar-refractivity contribution in [3.05, 3.63) is 94.8 Å². The Hall–Kier alpha value is -4.80. The van der Waals surface area contributed by atoms with Crippen LogP contribution in [0.25, 0.3) is 5.52 Å². The summed E-state index contributed by atoms with van der Waals surface area (Å²) in [4.78, 5) is 36.7. The number of hydrogen-bond donors (Lipinski definition) is 2. The number of ketones is 1. The summed E-state index contributed by atoms with van der Waals surface area (Å²) < 4.78 is 51.1. The molecule has 0 aliphatic rings. The molecule has 11 heteroatoms. The molecule has 38 heavy (non-hydrogen) atoms. The van der Waals surface area contributed by atoms with E-state index in [2.05, 4.69) is 0 Å². The normalized spacial score (nSPS) is 11.3. The molecule has 1 amide bonds. The van der Waals surface area contributed by atoms with Gasteiger partial charge in [0.15, 0.2) is 5.75 Å². The predicted octanol–water partition coefficient (Wildman–Crippen LogP) is 5.27. The smallest absolute Gasteiger partial charge is 0.471 e. The predicted molar refractivity (Wildman–Crippen MR) is 131 cm³/mol. The Labute approximate surface area is 214 Å². The molecule has 0 spiro atoms. The van der Waals surface area contributed by atoms with Crippen molar-refractivity contribution in [3.8, 4) is 11.5 Å². The van der Waals surface area contributed by atoms with Gasteiger partial charge in [0, 0.05) is 17.3 Å². The van der Waals surface area contributed by atoms with E-state index in [0.717, 1.165) is 23.8 Å². The van der Waals surface area contributed by atoms with Crippen molar-refractivity contribution in [1.82, 2.24) is 4.40 Å². The first-order chi connectivity index (χ1) is 18.0. The number of hydrogen-bond acceptors (Lipinski definition) is 5. The molecule has 0 unspecified atom stereocenters. The number of amides is 1. The third kappa shape index (κ3) is 5.03. The van der Waals surface area contributed by atoms with Gasteiger partial charge in [0.25, 0.3) is 0 Å². The van der Waals surface area contributed by atoms with Crippen LogP contribution in [-0.4, -0.2) is 40.5 Å². The van der Waals surface area contributed by atoms with Crippen molar-refractivity contribution in [2.75, 3.05) is 12.4 Å². The van der Waals surface area contributed by atoms with Crippen molar-refractivity contribution in [2.45, 2.75) is 19.7 Å². The minimum atomic E-state index is -5.22. The van der Waals surface area contributed by atoms with Gasteiger partial charge in [-0.05, 0) is 42.8 Å². The fourth-order valence-corrected chi connectivity index (χ4v) is 4.04. The Morgan fingerprint density at radius 1 is 1.03 bits per heavy atom. The number of benzene rings is 2. The first kappa shape index (κ1) is 26.3. The molecule has 0 saturated heterocycles. The lowest BCUT2D eigenvalue weighted by Gasteiger charge is -2.12. The Bertz CT molecular complexity index is 1540. The fraction of sp³-hybridized carbons (Fsp3) is 0.148. The van der Waals surface area contributed by atoms with E-state index in [1.807, 2.05) is 30.3 Å². The molecule has 196 valence electrons. The first-order valence-corrected chi connectivity index (χ1v) is 11.2. The van der Waals surface area contributed by atoms with Gasteiger partial charge in [-0.25, -0.2) is 4.79 Å². The summed E-state index contributed by atoms with van der Waals surface area (Å²) in [6.45, 7) is 1.90. The number of carboxylic acids is 1. The van der Waals surface area contributed by atoms with Gasteiger partial charge in [-0.1, -0.05) is 30.3 Å². The van der Waals surface area contributed by atoms with Gasteiger partial charge in [-0.15, -0.1) is 0 Å². The summed E-state index contributed by atoms with van der Waals surface area (Å²) in [5.41, 5.74) is 0.595. The molecule has 8 nitrogen and oxygen atoms in total. The number of halogens is 3. The Balaban J connectivity index is 1.76. The summed E-state index contributed by atoms with van der Waals surface area (Å²) >= 11 is 0. The highest BCUT2D eigenvalue weighted by atomic mass is 19.4. The van der Waals surface area contributed by atoms with Crippen molar-refractivity contribution < 1.29 is 42.1 Å². The molecular weight excluding hydrogens is 505 g/mol. The number of alkyl halides is 3. The largest absolute Gasteiger partial charge is 0.494 e. The third-order valence-corrected chi connectivity index (χ3v) is 5.78. The minimum Gasteiger partial charge on any atom is -0.494 e. The molecule has 2 aromatic carbocycles. The van der Waals surface area contributed by atoms with Crippen LogP contribution in [0.5, 0.6) is 11.5 Å². The van der Waals surface area contributed by atoms with E-state index in [1.54, 1.807) is 29.7 Å². The summed E-state index contributed by atoms with van der Waals surface area (Å²) in [6, 6.07) is 15.8. The number of anilines is 1. The average Bonchev–Trinajstić information content (AvgIpc) is 3.18. The zero-order valence-electron chi connectivity index (χ0n) is 20.1. The molecule has 0 aliphatic heterocycles. The molecule has 0 saturated carbocycles. The quantitative estimate of drug-likeness (QED) is 0.303. The highest BCUT2D eigenvalue weighted by Crippen LogP contribution is 2.38. The van der Waals surface area contributed by atoms with E-state index >= 15 is 0 Å². The van der Waals surface area contributed by atoms with E-state index in [0.29, 0.717) is 22.6 Å². The van der Waals surface area contributed by atoms with Crippen LogP contribution in [0.15, 0.2) is 66.9 Å². The van der Waals surface area contributed by atoms with E-state index in [-0.39, 0.29) is 17.9 Å². The first-order valence-electron chi connectivity index (χ1n) is 11.2. The summed E-state index contributed by atoms with van der Waals surface area (Å²) in [5, 5.41) is 11.1. The van der Waals surface area contributed by atoms with Crippen molar-refractivity contribution in [2.24, 2.45) is 0 Å². The van der Waals surface area contributed by atoms with Crippen LogP contribution >= 0.6 is 0 Å². The number of rotatable bonds is 8. The number of carboxylic acid groups (broad SMARTS) is 1. The summed E-state index contributed by atoms with van der Waals surface area (Å²) in [7, 11) is 1.44. The lowest BCUT2D eigenvalue weighted by Crippen LogP contribution is -2.30. The number of pyridine rings is 1. The van der Waals surface area contributed by atoms with Crippen LogP contribution in [0, 0.1) is 6.92 Å². The third-order valence-electron chi connectivity index (χ3n) is 5.78. The number of fused-ring (bicyclic) bond motifs is 1. The molecule has 4 rings (SSSR count). The molecule has 0 radical (unpaired) electrons. The van der Waals surface area contributed by atoms with E-state index in [4.69, 9.17) is 9.47 Å². The second-order valence-corrected chi connectivity index (χ2v) is 8.22. The lowest BCUT2D eigenvalue weighted by atomic mass is 10.0. The molecule has 2 heterocycles. The van der Waals surface area contributed by atoms with E-state index < -0.39 is 35.1 Å². The Morgan fingerprint density at radius 2 is 1.74 bits per heavy atom. The number of carbonyl (C=O) groups excluding carboxylic acids is 2. The van der Waals surface area contributed by atoms with Crippen LogP contribution < -0.4 is 14.8 Å². The Kier molecular flexibility index (Phi) is 7.11. The number of aromatic nitrogens is 1. The van der Waals surface area contributed by atoms with Crippen LogP contribution in [-0.2, 0) is 11.4 Å². The highest BCUT2D eigenvalue weighted by Gasteiger charge is 2.39. The lowest BCUT2D eigenvalue weighted by molar-refractivity contribution is -0.167. The zero-order valence-corrected chi connectivity index (χ0v) is 20.1. The number of methoxy groups -OCH3 is 1. The second-order valence-electron chi connectivity index (χ2n) is 8.22. The Morgan fingerprint density at radius 3 is 2.37 bits per heavy atom. The zero-order chi connectivity index (χ0) is 27.6. The minimum absolute atomic E-state index is 0.117. The van der Waals surface area contributed by atoms with Gasteiger partial charge in [-0.3, -0.25) is 9.59 Å². The molecule has 4 aromatic rings. The van der Waals surface area contributed by atoms with Gasteiger partial charge in [-0.2, -0.15) is 13.2 Å². The molecule has 0 aliphatic carbocycles. The van der Waals surface area contributed by atoms with Gasteiger partial charge < -0.3 is 24.3 Å². The monoisotopic (exact) mass is 526 g/mol. The summed E-state index contributed by atoms with van der Waals surface area (Å²) in [6.07, 6.45) is -3.60. The SMILES string of the molecule is COc1c(C)c(C(=O)c2ccc(NC(=O)C(F)(F)F)c(C(=O)O)c2)n2cccc(OCc3ccccc3)c12. The maximum atomic E-state index is 13.6. The average molecular weight is 526 g/mol. The standard InChI is InChI=1S/C27H21F3N2O6/c1-15-21(23(33)17-10-11-19(18(13-17)25(34)35)31-26(36)27(28,29)30)32-12-6-9-20(22(32)24(15)37-2)38-14-16-7-4-3-5-8-16/h3-13H,14H2,1-2H3,(H,31,36)(H,34,35). The van der Waals surface area contributed by atoms with Gasteiger partial charge in [0.2, 0.25) is 5.78 Å². The van der Waals surface area contributed by atoms with Crippen molar-refractivity contribution >= 4 is 28.9 Å². The maximum absolute atomic E-state index is 13.6. The fourth-order valence-electron chi connectivity index (χ4n) is 4.04. The molecule has 0 atom stereocenters. The van der Waals surface area contributed by atoms with Crippen LogP contribution in [0.1, 0.15) is 37.5 Å². The van der Waals surface area contributed by atoms with Gasteiger partial charge in [0.1, 0.15) is 23.6 Å². The van der Waals surface area contributed by atoms with E-state index in [9.17, 15) is 32.7 Å². The van der Waals surface area contributed by atoms with Crippen molar-refractivity contribution in [3.63, 3.8) is 0 Å². The van der Waals surface area contributed by atoms with Crippen LogP contribution in [0.2, 0.25) is 0 Å². The van der Waals surface area contributed by atoms with Gasteiger partial charge in [0.05, 0.1) is 18.4 Å². The van der Waals surface area contributed by atoms with Crippen LogP contribution in [0.3, 0.4) is 0 Å². The molecule has 2 N–H and O–H groups in total. The molecular formula is C27H21F3N2O6. The molecule has 2 aromatic heterocycles. The molecule has 0 bridgehead atoms. The number of aromatic carboxylic acids is 1. The number of nitrogens with one attached hydrogen (secondary N) is 1. The maximum Gasteiger partial charge on any atom is 0.471 e. The van der Waals surface area contributed by atoms with Gasteiger partial charge >= 0.3 is 18.1 Å². The van der Waals surface area contributed by atoms with E-state index in [1.165, 1.54) is 12.4 Å². The topological polar surface area (TPSA) is 106 Å². The highest BCUT2D eigenvalue weighted by molar-refractivity contribution is 6.12. The second kappa shape index (κ2) is 10.3. The number of nitrogens with zero attached hydrogens (tertiary/aromatic N) is 1. The number of ether oxygens (including phenoxy) is 2. The number of carbonyl (C=O) groups is 3.